The van der Waals surface area contributed by atoms with E-state index in [0.717, 1.165) is 46.8 Å². The van der Waals surface area contributed by atoms with Gasteiger partial charge >= 0.3 is 0 Å². The van der Waals surface area contributed by atoms with E-state index < -0.39 is 6.04 Å². The lowest BCUT2D eigenvalue weighted by Crippen LogP contribution is -2.53. The highest BCUT2D eigenvalue weighted by Gasteiger charge is 2.32. The molecule has 194 valence electrons. The van der Waals surface area contributed by atoms with Crippen molar-refractivity contribution in [3.8, 4) is 5.75 Å². The SMILES string of the molecule is Cc1ccccc1CN(C(=O)COc1ccc(Br)cc1)[C@H](Cc1ccccc1)C(=O)NC1CCCCC1. The Bertz CT molecular complexity index is 1160. The van der Waals surface area contributed by atoms with Crippen LogP contribution < -0.4 is 10.1 Å². The molecule has 1 fully saturated rings. The first-order valence-corrected chi connectivity index (χ1v) is 13.9. The van der Waals surface area contributed by atoms with E-state index in [4.69, 9.17) is 4.74 Å². The molecule has 1 atom stereocenters. The van der Waals surface area contributed by atoms with Crippen molar-refractivity contribution >= 4 is 27.7 Å². The molecule has 2 amide bonds. The number of ether oxygens (including phenoxy) is 1. The monoisotopic (exact) mass is 562 g/mol. The van der Waals surface area contributed by atoms with Crippen molar-refractivity contribution in [1.82, 2.24) is 10.2 Å². The van der Waals surface area contributed by atoms with Crippen molar-refractivity contribution in [3.05, 3.63) is 100 Å². The van der Waals surface area contributed by atoms with Gasteiger partial charge in [0.15, 0.2) is 6.61 Å². The number of nitrogens with zero attached hydrogens (tertiary/aromatic N) is 1. The molecule has 0 unspecified atom stereocenters. The molecule has 0 aliphatic heterocycles. The lowest BCUT2D eigenvalue weighted by atomic mass is 9.94. The number of aryl methyl sites for hydroxylation is 1. The van der Waals surface area contributed by atoms with Crippen molar-refractivity contribution in [3.63, 3.8) is 0 Å². The zero-order chi connectivity index (χ0) is 26.0. The van der Waals surface area contributed by atoms with Crippen LogP contribution in [0, 0.1) is 6.92 Å². The predicted octanol–water partition coefficient (Wildman–Crippen LogP) is 6.23. The van der Waals surface area contributed by atoms with Gasteiger partial charge in [0.25, 0.3) is 5.91 Å². The maximum absolute atomic E-state index is 13.8. The summed E-state index contributed by atoms with van der Waals surface area (Å²) in [6.45, 7) is 2.23. The molecule has 0 saturated heterocycles. The second kappa shape index (κ2) is 13.4. The number of carbonyl (C=O) groups excluding carboxylic acids is 2. The van der Waals surface area contributed by atoms with E-state index in [-0.39, 0.29) is 24.5 Å². The van der Waals surface area contributed by atoms with Crippen LogP contribution in [0.2, 0.25) is 0 Å². The second-order valence-electron chi connectivity index (χ2n) is 9.74. The number of hydrogen-bond acceptors (Lipinski definition) is 3. The summed E-state index contributed by atoms with van der Waals surface area (Å²) in [6, 6.07) is 24.8. The Hall–Kier alpha value is -3.12. The zero-order valence-electron chi connectivity index (χ0n) is 21.4. The first-order valence-electron chi connectivity index (χ1n) is 13.1. The summed E-state index contributed by atoms with van der Waals surface area (Å²) < 4.78 is 6.80. The van der Waals surface area contributed by atoms with E-state index in [1.165, 1.54) is 6.42 Å². The Morgan fingerprint density at radius 1 is 0.946 bits per heavy atom. The minimum atomic E-state index is -0.648. The average Bonchev–Trinajstić information content (AvgIpc) is 2.92. The fraction of sp³-hybridized carbons (Fsp3) is 0.355. The summed E-state index contributed by atoms with van der Waals surface area (Å²) in [5, 5.41) is 3.28. The molecule has 1 aliphatic carbocycles. The van der Waals surface area contributed by atoms with E-state index in [1.54, 1.807) is 4.90 Å². The van der Waals surface area contributed by atoms with Crippen molar-refractivity contribution in [2.45, 2.75) is 64.1 Å². The molecule has 1 N–H and O–H groups in total. The molecule has 5 nitrogen and oxygen atoms in total. The lowest BCUT2D eigenvalue weighted by molar-refractivity contribution is -0.143. The smallest absolute Gasteiger partial charge is 0.261 e. The van der Waals surface area contributed by atoms with Gasteiger partial charge in [0.1, 0.15) is 11.8 Å². The number of benzene rings is 3. The minimum absolute atomic E-state index is 0.0960. The van der Waals surface area contributed by atoms with Gasteiger partial charge in [-0.05, 0) is 60.7 Å². The molecule has 0 heterocycles. The quantitative estimate of drug-likeness (QED) is 0.319. The molecular formula is C31H35BrN2O3. The average molecular weight is 564 g/mol. The molecule has 6 heteroatoms. The highest BCUT2D eigenvalue weighted by atomic mass is 79.9. The standard InChI is InChI=1S/C31H35BrN2O3/c1-23-10-8-9-13-25(23)21-34(30(35)22-37-28-18-16-26(32)17-19-28)29(20-24-11-4-2-5-12-24)31(36)33-27-14-6-3-7-15-27/h2,4-5,8-13,16-19,27,29H,3,6-7,14-15,20-22H2,1H3,(H,33,36)/t29-/m1/s1. The summed E-state index contributed by atoms with van der Waals surface area (Å²) >= 11 is 3.42. The lowest BCUT2D eigenvalue weighted by Gasteiger charge is -2.33. The van der Waals surface area contributed by atoms with E-state index in [9.17, 15) is 9.59 Å². The summed E-state index contributed by atoms with van der Waals surface area (Å²) in [6.07, 6.45) is 5.88. The van der Waals surface area contributed by atoms with Crippen molar-refractivity contribution < 1.29 is 14.3 Å². The molecule has 0 bridgehead atoms. The van der Waals surface area contributed by atoms with E-state index in [0.29, 0.717) is 18.7 Å². The van der Waals surface area contributed by atoms with Crippen LogP contribution >= 0.6 is 15.9 Å². The molecule has 0 radical (unpaired) electrons. The largest absolute Gasteiger partial charge is 0.484 e. The first-order chi connectivity index (χ1) is 18.0. The van der Waals surface area contributed by atoms with Crippen LogP contribution in [0.4, 0.5) is 0 Å². The summed E-state index contributed by atoms with van der Waals surface area (Å²) in [5.41, 5.74) is 3.12. The summed E-state index contributed by atoms with van der Waals surface area (Å²) in [4.78, 5) is 29.2. The maximum atomic E-state index is 13.8. The Balaban J connectivity index is 1.61. The van der Waals surface area contributed by atoms with Crippen molar-refractivity contribution in [1.29, 1.82) is 0 Å². The van der Waals surface area contributed by atoms with Gasteiger partial charge < -0.3 is 15.0 Å². The topological polar surface area (TPSA) is 58.6 Å². The van der Waals surface area contributed by atoms with Crippen LogP contribution in [0.1, 0.15) is 48.8 Å². The summed E-state index contributed by atoms with van der Waals surface area (Å²) in [5.74, 6) is 0.297. The van der Waals surface area contributed by atoms with Gasteiger partial charge in [-0.2, -0.15) is 0 Å². The van der Waals surface area contributed by atoms with Gasteiger partial charge in [0.2, 0.25) is 5.91 Å². The molecule has 3 aromatic rings. The maximum Gasteiger partial charge on any atom is 0.261 e. The number of nitrogens with one attached hydrogen (secondary N) is 1. The highest BCUT2D eigenvalue weighted by molar-refractivity contribution is 9.10. The Morgan fingerprint density at radius 3 is 2.32 bits per heavy atom. The Labute approximate surface area is 228 Å². The van der Waals surface area contributed by atoms with E-state index in [1.807, 2.05) is 85.8 Å². The van der Waals surface area contributed by atoms with Crippen LogP contribution in [-0.2, 0) is 22.6 Å². The molecule has 1 saturated carbocycles. The van der Waals surface area contributed by atoms with E-state index >= 15 is 0 Å². The highest BCUT2D eigenvalue weighted by Crippen LogP contribution is 2.21. The van der Waals surface area contributed by atoms with Gasteiger partial charge in [-0.1, -0.05) is 89.8 Å². The number of halogens is 1. The second-order valence-corrected chi connectivity index (χ2v) is 10.7. The third-order valence-corrected chi connectivity index (χ3v) is 7.53. The van der Waals surface area contributed by atoms with Crippen LogP contribution in [0.25, 0.3) is 0 Å². The Kier molecular flexibility index (Phi) is 9.78. The van der Waals surface area contributed by atoms with Crippen molar-refractivity contribution in [2.24, 2.45) is 0 Å². The third-order valence-electron chi connectivity index (χ3n) is 7.00. The van der Waals surface area contributed by atoms with Gasteiger partial charge in [-0.25, -0.2) is 0 Å². The van der Waals surface area contributed by atoms with Crippen LogP contribution in [-0.4, -0.2) is 35.4 Å². The van der Waals surface area contributed by atoms with Crippen molar-refractivity contribution in [2.75, 3.05) is 6.61 Å². The Morgan fingerprint density at radius 2 is 1.62 bits per heavy atom. The van der Waals surface area contributed by atoms with E-state index in [2.05, 4.69) is 21.2 Å². The number of amides is 2. The minimum Gasteiger partial charge on any atom is -0.484 e. The normalized spacial score (nSPS) is 14.5. The molecule has 0 spiro atoms. The zero-order valence-corrected chi connectivity index (χ0v) is 23.0. The van der Waals surface area contributed by atoms with Gasteiger partial charge in [0.05, 0.1) is 0 Å². The van der Waals surface area contributed by atoms with Gasteiger partial charge in [-0.3, -0.25) is 9.59 Å². The number of hydrogen-bond donors (Lipinski definition) is 1. The van der Waals surface area contributed by atoms with Crippen LogP contribution in [0.3, 0.4) is 0 Å². The molecule has 0 aromatic heterocycles. The number of carbonyl (C=O) groups is 2. The molecule has 1 aliphatic rings. The molecule has 3 aromatic carbocycles. The first kappa shape index (κ1) is 26.9. The summed E-state index contributed by atoms with van der Waals surface area (Å²) in [7, 11) is 0. The third kappa shape index (κ3) is 7.93. The molecular weight excluding hydrogens is 528 g/mol. The van der Waals surface area contributed by atoms with Crippen LogP contribution in [0.5, 0.6) is 5.75 Å². The van der Waals surface area contributed by atoms with Crippen LogP contribution in [0.15, 0.2) is 83.3 Å². The molecule has 4 rings (SSSR count). The molecule has 37 heavy (non-hydrogen) atoms. The fourth-order valence-electron chi connectivity index (χ4n) is 4.83. The number of rotatable bonds is 10. The predicted molar refractivity (Wildman–Crippen MR) is 150 cm³/mol. The van der Waals surface area contributed by atoms with Gasteiger partial charge in [-0.15, -0.1) is 0 Å². The fourth-order valence-corrected chi connectivity index (χ4v) is 5.09. The van der Waals surface area contributed by atoms with Gasteiger partial charge in [0, 0.05) is 23.5 Å².